The Morgan fingerprint density at radius 1 is 0.712 bits per heavy atom. The number of hydrogen-bond acceptors (Lipinski definition) is 6. The molecule has 9 nitrogen and oxygen atoms in total. The van der Waals surface area contributed by atoms with Crippen molar-refractivity contribution in [2.75, 3.05) is 0 Å². The minimum Gasteiger partial charge on any atom is -0.477 e. The van der Waals surface area contributed by atoms with E-state index < -0.39 is 17.1 Å². The number of hydrogen-bond donors (Lipinski definition) is 2. The number of carbonyl (C=O) groups is 1. The summed E-state index contributed by atoms with van der Waals surface area (Å²) in [4.78, 5) is 18.7. The van der Waals surface area contributed by atoms with Gasteiger partial charge in [0.05, 0.1) is 0 Å². The van der Waals surface area contributed by atoms with Gasteiger partial charge in [0.25, 0.3) is 0 Å². The zero-order valence-electron chi connectivity index (χ0n) is 29.4. The number of rotatable bonds is 12. The van der Waals surface area contributed by atoms with Crippen LogP contribution in [0.1, 0.15) is 71.5 Å². The number of carboxylic acid groups (broad SMARTS) is 1. The first kappa shape index (κ1) is 34.3. The molecule has 7 rings (SSSR count). The van der Waals surface area contributed by atoms with Crippen LogP contribution in [-0.4, -0.2) is 45.9 Å². The summed E-state index contributed by atoms with van der Waals surface area (Å²) in [6.45, 7) is 5.45. The molecule has 0 saturated carbocycles. The van der Waals surface area contributed by atoms with Gasteiger partial charge in [-0.25, -0.2) is 9.78 Å². The van der Waals surface area contributed by atoms with E-state index in [9.17, 15) is 15.0 Å². The van der Waals surface area contributed by atoms with E-state index in [-0.39, 0.29) is 11.4 Å². The number of aromatic carboxylic acids is 1. The summed E-state index contributed by atoms with van der Waals surface area (Å²) >= 11 is 0. The molecule has 5 aromatic carbocycles. The molecule has 260 valence electrons. The third kappa shape index (κ3) is 6.31. The van der Waals surface area contributed by atoms with Crippen molar-refractivity contribution in [3.63, 3.8) is 0 Å². The smallest absolute Gasteiger partial charge is 0.354 e. The maximum Gasteiger partial charge on any atom is 0.354 e. The van der Waals surface area contributed by atoms with Crippen LogP contribution in [0.5, 0.6) is 0 Å². The molecule has 2 N–H and O–H groups in total. The quantitative estimate of drug-likeness (QED) is 0.125. The van der Waals surface area contributed by atoms with Crippen LogP contribution in [0.2, 0.25) is 0 Å². The molecule has 0 unspecified atom stereocenters. The fraction of sp³-hybridized carbons (Fsp3) is 0.186. The zero-order valence-corrected chi connectivity index (χ0v) is 29.4. The summed E-state index contributed by atoms with van der Waals surface area (Å²) in [6, 6.07) is 46.8. The molecular formula is C43H40N6O3. The Morgan fingerprint density at radius 3 is 1.73 bits per heavy atom. The number of benzene rings is 5. The number of aliphatic hydroxyl groups is 1. The lowest BCUT2D eigenvalue weighted by molar-refractivity contribution is 0.0602. The van der Waals surface area contributed by atoms with Gasteiger partial charge in [-0.3, -0.25) is 0 Å². The molecule has 0 radical (unpaired) electrons. The van der Waals surface area contributed by atoms with Gasteiger partial charge in [-0.15, -0.1) is 15.0 Å². The molecule has 0 aliphatic carbocycles. The maximum atomic E-state index is 12.4. The van der Waals surface area contributed by atoms with Gasteiger partial charge in [0.1, 0.15) is 17.1 Å². The molecule has 0 saturated heterocycles. The van der Waals surface area contributed by atoms with Crippen molar-refractivity contribution >= 4 is 5.97 Å². The molecule has 0 bridgehead atoms. The van der Waals surface area contributed by atoms with Gasteiger partial charge in [0, 0.05) is 18.5 Å². The SMILES string of the molecule is CCCc1nc(C(C)(C)O)c(C(=O)O)n1Cc1ccc(-c2ccccc2-c2nnn(C(c3ccccc3)(c3ccccc3)c3ccccc3)n2)cc1. The van der Waals surface area contributed by atoms with Crippen LogP contribution in [0.25, 0.3) is 22.5 Å². The molecule has 2 heterocycles. The molecule has 0 spiro atoms. The van der Waals surface area contributed by atoms with Crippen molar-refractivity contribution in [3.05, 3.63) is 179 Å². The molecule has 7 aromatic rings. The van der Waals surface area contributed by atoms with Crippen LogP contribution in [0.4, 0.5) is 0 Å². The first-order valence-electron chi connectivity index (χ1n) is 17.4. The average molecular weight is 689 g/mol. The van der Waals surface area contributed by atoms with E-state index in [2.05, 4.69) is 46.5 Å². The van der Waals surface area contributed by atoms with Crippen LogP contribution in [0.15, 0.2) is 140 Å². The Balaban J connectivity index is 1.28. The Hall–Kier alpha value is -6.19. The number of carboxylic acids is 1. The van der Waals surface area contributed by atoms with Crippen molar-refractivity contribution in [1.82, 2.24) is 29.8 Å². The van der Waals surface area contributed by atoms with Gasteiger partial charge in [-0.1, -0.05) is 146 Å². The zero-order chi connectivity index (χ0) is 36.3. The summed E-state index contributed by atoms with van der Waals surface area (Å²) in [6.07, 6.45) is 1.38. The van der Waals surface area contributed by atoms with Crippen molar-refractivity contribution in [1.29, 1.82) is 0 Å². The third-order valence-corrected chi connectivity index (χ3v) is 9.36. The summed E-state index contributed by atoms with van der Waals surface area (Å²) in [5, 5.41) is 35.4. The molecule has 0 aliphatic rings. The van der Waals surface area contributed by atoms with E-state index in [1.54, 1.807) is 23.2 Å². The molecule has 0 atom stereocenters. The van der Waals surface area contributed by atoms with E-state index in [1.807, 2.05) is 110 Å². The van der Waals surface area contributed by atoms with Gasteiger partial charge < -0.3 is 14.8 Å². The van der Waals surface area contributed by atoms with E-state index in [1.165, 1.54) is 0 Å². The van der Waals surface area contributed by atoms with Crippen molar-refractivity contribution in [3.8, 4) is 22.5 Å². The van der Waals surface area contributed by atoms with Crippen molar-refractivity contribution in [2.24, 2.45) is 0 Å². The predicted octanol–water partition coefficient (Wildman–Crippen LogP) is 7.97. The molecule has 0 amide bonds. The highest BCUT2D eigenvalue weighted by atomic mass is 16.4. The fourth-order valence-electron chi connectivity index (χ4n) is 6.98. The monoisotopic (exact) mass is 688 g/mol. The Kier molecular flexibility index (Phi) is 9.36. The number of tetrazole rings is 1. The number of nitrogens with zero attached hydrogens (tertiary/aromatic N) is 6. The summed E-state index contributed by atoms with van der Waals surface area (Å²) in [5.74, 6) is 0.00629. The van der Waals surface area contributed by atoms with Crippen LogP contribution >= 0.6 is 0 Å². The second-order valence-electron chi connectivity index (χ2n) is 13.4. The van der Waals surface area contributed by atoms with Gasteiger partial charge >= 0.3 is 5.97 Å². The van der Waals surface area contributed by atoms with Gasteiger partial charge in [-0.05, 0) is 58.9 Å². The largest absolute Gasteiger partial charge is 0.477 e. The highest BCUT2D eigenvalue weighted by molar-refractivity contribution is 5.87. The van der Waals surface area contributed by atoms with Crippen molar-refractivity contribution in [2.45, 2.75) is 51.3 Å². The van der Waals surface area contributed by atoms with Gasteiger partial charge in [0.2, 0.25) is 5.82 Å². The summed E-state index contributed by atoms with van der Waals surface area (Å²) in [5.41, 5.74) is 4.51. The van der Waals surface area contributed by atoms with E-state index in [0.29, 0.717) is 24.6 Å². The van der Waals surface area contributed by atoms with Crippen LogP contribution in [0, 0.1) is 0 Å². The topological polar surface area (TPSA) is 119 Å². The maximum absolute atomic E-state index is 12.4. The normalized spacial score (nSPS) is 11.8. The van der Waals surface area contributed by atoms with E-state index >= 15 is 0 Å². The Morgan fingerprint density at radius 2 is 1.23 bits per heavy atom. The first-order chi connectivity index (χ1) is 25.2. The predicted molar refractivity (Wildman–Crippen MR) is 201 cm³/mol. The minimum atomic E-state index is -1.39. The number of imidazole rings is 1. The second kappa shape index (κ2) is 14.2. The fourth-order valence-corrected chi connectivity index (χ4v) is 6.98. The van der Waals surface area contributed by atoms with Crippen LogP contribution < -0.4 is 0 Å². The first-order valence-corrected chi connectivity index (χ1v) is 17.4. The molecule has 0 fully saturated rings. The lowest BCUT2D eigenvalue weighted by Crippen LogP contribution is -2.39. The standard InChI is InChI=1S/C43H40N6O3/c1-4-16-37-44-39(42(2,3)52)38(41(50)51)48(37)29-30-25-27-31(28-26-30)35-23-14-15-24-36(35)40-45-47-49(46-40)43(32-17-8-5-9-18-32,33-19-10-6-11-20-33)34-21-12-7-13-22-34/h5-15,17-28,52H,4,16,29H2,1-3H3,(H,50,51). The third-order valence-electron chi connectivity index (χ3n) is 9.36. The second-order valence-corrected chi connectivity index (χ2v) is 13.4. The van der Waals surface area contributed by atoms with Crippen LogP contribution in [-0.2, 0) is 24.1 Å². The molecule has 52 heavy (non-hydrogen) atoms. The summed E-state index contributed by atoms with van der Waals surface area (Å²) in [7, 11) is 0. The lowest BCUT2D eigenvalue weighted by Gasteiger charge is -2.34. The van der Waals surface area contributed by atoms with Gasteiger partial charge in [-0.2, -0.15) is 0 Å². The lowest BCUT2D eigenvalue weighted by atomic mass is 9.77. The molecule has 9 heteroatoms. The minimum absolute atomic E-state index is 0.0112. The Labute approximate surface area is 302 Å². The van der Waals surface area contributed by atoms with Crippen molar-refractivity contribution < 1.29 is 15.0 Å². The highest BCUT2D eigenvalue weighted by Crippen LogP contribution is 2.40. The molecule has 2 aromatic heterocycles. The van der Waals surface area contributed by atoms with E-state index in [4.69, 9.17) is 10.3 Å². The molecular weight excluding hydrogens is 649 g/mol. The summed E-state index contributed by atoms with van der Waals surface area (Å²) < 4.78 is 1.71. The van der Waals surface area contributed by atoms with E-state index in [0.717, 1.165) is 45.4 Å². The van der Waals surface area contributed by atoms with Crippen LogP contribution in [0.3, 0.4) is 0 Å². The average Bonchev–Trinajstić information content (AvgIpc) is 3.80. The molecule has 0 aliphatic heterocycles. The Bertz CT molecular complexity index is 2190. The number of aromatic nitrogens is 6. The number of aryl methyl sites for hydroxylation is 1. The highest BCUT2D eigenvalue weighted by Gasteiger charge is 2.41. The van der Waals surface area contributed by atoms with Gasteiger partial charge in [0.15, 0.2) is 11.2 Å².